The quantitative estimate of drug-likeness (QED) is 0.765. The summed E-state index contributed by atoms with van der Waals surface area (Å²) in [5, 5.41) is 2.72. The van der Waals surface area contributed by atoms with Gasteiger partial charge in [-0.25, -0.2) is 0 Å². The molecule has 3 nitrogen and oxygen atoms in total. The van der Waals surface area contributed by atoms with E-state index in [1.807, 2.05) is 25.1 Å². The molecule has 1 aromatic rings. The maximum Gasteiger partial charge on any atom is 0.227 e. The minimum absolute atomic E-state index is 0.0200. The molecule has 16 heavy (non-hydrogen) atoms. The molecule has 0 saturated heterocycles. The van der Waals surface area contributed by atoms with Crippen LogP contribution < -0.4 is 5.32 Å². The van der Waals surface area contributed by atoms with Crippen molar-refractivity contribution in [3.05, 3.63) is 35.4 Å². The number of nitrogens with one attached hydrogen (secondary N) is 1. The molecule has 1 aromatic carbocycles. The van der Waals surface area contributed by atoms with Gasteiger partial charge in [-0.3, -0.25) is 9.59 Å². The number of hydrogen-bond acceptors (Lipinski definition) is 2. The van der Waals surface area contributed by atoms with Gasteiger partial charge in [-0.05, 0) is 25.8 Å². The standard InChI is InChI=1S/C13H17NO2/c1-10-4-3-5-12(8-10)6-7-14-13(16)9-11(2)15/h3-5,8H,6-7,9H2,1-2H3,(H,14,16). The van der Waals surface area contributed by atoms with Gasteiger partial charge in [0.15, 0.2) is 0 Å². The van der Waals surface area contributed by atoms with E-state index in [4.69, 9.17) is 0 Å². The van der Waals surface area contributed by atoms with E-state index in [9.17, 15) is 9.59 Å². The van der Waals surface area contributed by atoms with Gasteiger partial charge >= 0.3 is 0 Å². The van der Waals surface area contributed by atoms with Crippen molar-refractivity contribution >= 4 is 11.7 Å². The van der Waals surface area contributed by atoms with Gasteiger partial charge in [0, 0.05) is 6.54 Å². The predicted molar refractivity (Wildman–Crippen MR) is 63.2 cm³/mol. The highest BCUT2D eigenvalue weighted by Gasteiger charge is 2.03. The SMILES string of the molecule is CC(=O)CC(=O)NCCc1cccc(C)c1. The van der Waals surface area contributed by atoms with Crippen molar-refractivity contribution in [1.82, 2.24) is 5.32 Å². The molecular weight excluding hydrogens is 202 g/mol. The first kappa shape index (κ1) is 12.4. The molecule has 1 rings (SSSR count). The highest BCUT2D eigenvalue weighted by atomic mass is 16.2. The molecule has 1 N–H and O–H groups in total. The number of rotatable bonds is 5. The van der Waals surface area contributed by atoms with Gasteiger partial charge in [-0.2, -0.15) is 0 Å². The Labute approximate surface area is 95.9 Å². The number of Topliss-reactive ketones (excluding diaryl/α,β-unsaturated/α-hetero) is 1. The Kier molecular flexibility index (Phi) is 4.70. The summed E-state index contributed by atoms with van der Waals surface area (Å²) in [4.78, 5) is 21.8. The number of aryl methyl sites for hydroxylation is 1. The van der Waals surface area contributed by atoms with E-state index in [-0.39, 0.29) is 18.1 Å². The molecule has 0 spiro atoms. The first-order valence-corrected chi connectivity index (χ1v) is 5.39. The summed E-state index contributed by atoms with van der Waals surface area (Å²) < 4.78 is 0. The van der Waals surface area contributed by atoms with Crippen LogP contribution in [0.5, 0.6) is 0 Å². The molecule has 0 aliphatic carbocycles. The number of hydrogen-bond donors (Lipinski definition) is 1. The largest absolute Gasteiger partial charge is 0.355 e. The lowest BCUT2D eigenvalue weighted by Gasteiger charge is -2.04. The first-order chi connectivity index (χ1) is 7.58. The van der Waals surface area contributed by atoms with Crippen LogP contribution in [0, 0.1) is 6.92 Å². The highest BCUT2D eigenvalue weighted by Crippen LogP contribution is 2.03. The smallest absolute Gasteiger partial charge is 0.227 e. The number of carbonyl (C=O) groups is 2. The van der Waals surface area contributed by atoms with Crippen LogP contribution in [-0.4, -0.2) is 18.2 Å². The van der Waals surface area contributed by atoms with E-state index in [1.54, 1.807) is 0 Å². The van der Waals surface area contributed by atoms with Crippen LogP contribution in [0.4, 0.5) is 0 Å². The fourth-order valence-electron chi connectivity index (χ4n) is 1.50. The van der Waals surface area contributed by atoms with Crippen molar-refractivity contribution in [2.45, 2.75) is 26.7 Å². The van der Waals surface area contributed by atoms with Crippen LogP contribution in [0.3, 0.4) is 0 Å². The van der Waals surface area contributed by atoms with Crippen LogP contribution in [0.2, 0.25) is 0 Å². The van der Waals surface area contributed by atoms with E-state index < -0.39 is 0 Å². The Morgan fingerprint density at radius 1 is 1.31 bits per heavy atom. The molecule has 0 saturated carbocycles. The van der Waals surface area contributed by atoms with Crippen molar-refractivity contribution in [2.75, 3.05) is 6.54 Å². The van der Waals surface area contributed by atoms with Gasteiger partial charge in [0.05, 0.1) is 6.42 Å². The fourth-order valence-corrected chi connectivity index (χ4v) is 1.50. The van der Waals surface area contributed by atoms with Crippen LogP contribution >= 0.6 is 0 Å². The average molecular weight is 219 g/mol. The van der Waals surface area contributed by atoms with E-state index in [0.29, 0.717) is 6.54 Å². The molecule has 0 aliphatic heterocycles. The van der Waals surface area contributed by atoms with Crippen LogP contribution in [0.15, 0.2) is 24.3 Å². The van der Waals surface area contributed by atoms with E-state index in [2.05, 4.69) is 11.4 Å². The van der Waals surface area contributed by atoms with E-state index >= 15 is 0 Å². The van der Waals surface area contributed by atoms with Crippen molar-refractivity contribution < 1.29 is 9.59 Å². The van der Waals surface area contributed by atoms with Crippen molar-refractivity contribution in [1.29, 1.82) is 0 Å². The van der Waals surface area contributed by atoms with Crippen molar-refractivity contribution in [3.8, 4) is 0 Å². The zero-order chi connectivity index (χ0) is 12.0. The molecule has 1 amide bonds. The summed E-state index contributed by atoms with van der Waals surface area (Å²) in [6, 6.07) is 8.17. The monoisotopic (exact) mass is 219 g/mol. The van der Waals surface area contributed by atoms with Crippen LogP contribution in [0.1, 0.15) is 24.5 Å². The lowest BCUT2D eigenvalue weighted by Crippen LogP contribution is -2.27. The average Bonchev–Trinajstić information content (AvgIpc) is 2.16. The lowest BCUT2D eigenvalue weighted by atomic mass is 10.1. The highest BCUT2D eigenvalue weighted by molar-refractivity contribution is 5.96. The summed E-state index contributed by atoms with van der Waals surface area (Å²) in [5.41, 5.74) is 2.41. The maximum atomic E-state index is 11.2. The van der Waals surface area contributed by atoms with Gasteiger partial charge in [-0.15, -0.1) is 0 Å². The summed E-state index contributed by atoms with van der Waals surface area (Å²) in [6.45, 7) is 4.04. The van der Waals surface area contributed by atoms with Gasteiger partial charge in [-0.1, -0.05) is 29.8 Å². The summed E-state index contributed by atoms with van der Waals surface area (Å²) in [5.74, 6) is -0.298. The van der Waals surface area contributed by atoms with Gasteiger partial charge in [0.2, 0.25) is 5.91 Å². The minimum atomic E-state index is -0.194. The molecule has 0 unspecified atom stereocenters. The lowest BCUT2D eigenvalue weighted by molar-refractivity contribution is -0.127. The van der Waals surface area contributed by atoms with Gasteiger partial charge < -0.3 is 5.32 Å². The maximum absolute atomic E-state index is 11.2. The number of amides is 1. The number of carbonyl (C=O) groups excluding carboxylic acids is 2. The van der Waals surface area contributed by atoms with E-state index in [0.717, 1.165) is 6.42 Å². The van der Waals surface area contributed by atoms with Crippen molar-refractivity contribution in [3.63, 3.8) is 0 Å². The topological polar surface area (TPSA) is 46.2 Å². The molecule has 86 valence electrons. The summed E-state index contributed by atoms with van der Waals surface area (Å²) in [6.07, 6.45) is 0.777. The Morgan fingerprint density at radius 3 is 2.69 bits per heavy atom. The second-order valence-corrected chi connectivity index (χ2v) is 3.97. The Morgan fingerprint density at radius 2 is 2.06 bits per heavy atom. The number of ketones is 1. The zero-order valence-corrected chi connectivity index (χ0v) is 9.75. The molecule has 0 bridgehead atoms. The predicted octanol–water partition coefficient (Wildman–Crippen LogP) is 1.63. The normalized spacial score (nSPS) is 9.88. The molecule has 0 radical (unpaired) electrons. The Balaban J connectivity index is 2.30. The molecule has 0 aromatic heterocycles. The van der Waals surface area contributed by atoms with E-state index in [1.165, 1.54) is 18.1 Å². The Bertz CT molecular complexity index is 385. The third kappa shape index (κ3) is 4.73. The second-order valence-electron chi connectivity index (χ2n) is 3.97. The molecule has 3 heteroatoms. The number of benzene rings is 1. The molecule has 0 atom stereocenters. The van der Waals surface area contributed by atoms with Crippen LogP contribution in [-0.2, 0) is 16.0 Å². The molecule has 0 fully saturated rings. The molecule has 0 heterocycles. The van der Waals surface area contributed by atoms with Gasteiger partial charge in [0.1, 0.15) is 5.78 Å². The van der Waals surface area contributed by atoms with Gasteiger partial charge in [0.25, 0.3) is 0 Å². The molecular formula is C13H17NO2. The summed E-state index contributed by atoms with van der Waals surface area (Å²) >= 11 is 0. The van der Waals surface area contributed by atoms with Crippen LogP contribution in [0.25, 0.3) is 0 Å². The summed E-state index contributed by atoms with van der Waals surface area (Å²) in [7, 11) is 0. The zero-order valence-electron chi connectivity index (χ0n) is 9.75. The van der Waals surface area contributed by atoms with Crippen molar-refractivity contribution in [2.24, 2.45) is 0 Å². The third-order valence-electron chi connectivity index (χ3n) is 2.23. The second kappa shape index (κ2) is 6.05. The fraction of sp³-hybridized carbons (Fsp3) is 0.385. The minimum Gasteiger partial charge on any atom is -0.355 e. The Hall–Kier alpha value is -1.64. The third-order valence-corrected chi connectivity index (χ3v) is 2.23. The first-order valence-electron chi connectivity index (χ1n) is 5.39. The molecule has 0 aliphatic rings.